The Bertz CT molecular complexity index is 1310. The van der Waals surface area contributed by atoms with Gasteiger partial charge in [-0.3, -0.25) is 0 Å². The minimum Gasteiger partial charge on any atom is -0.508 e. The molecule has 5 rings (SSSR count). The van der Waals surface area contributed by atoms with Gasteiger partial charge in [0.25, 0.3) is 0 Å². The SMILES string of the molecule is Cn1nnnc1C=Cc1ccc(C2(C)c3ccc(O)cc3CCN2c2ccc(F)cc2)cc1. The van der Waals surface area contributed by atoms with E-state index in [0.29, 0.717) is 5.82 Å². The average molecular weight is 442 g/mol. The number of hydrogen-bond acceptors (Lipinski definition) is 5. The Labute approximate surface area is 191 Å². The fourth-order valence-electron chi connectivity index (χ4n) is 4.65. The highest BCUT2D eigenvalue weighted by atomic mass is 19.1. The quantitative estimate of drug-likeness (QED) is 0.503. The van der Waals surface area contributed by atoms with Crippen molar-refractivity contribution in [1.29, 1.82) is 0 Å². The van der Waals surface area contributed by atoms with Gasteiger partial charge in [0, 0.05) is 19.3 Å². The van der Waals surface area contributed by atoms with Crippen LogP contribution in [0.3, 0.4) is 0 Å². The molecule has 0 spiro atoms. The van der Waals surface area contributed by atoms with E-state index in [1.807, 2.05) is 36.4 Å². The second-order valence-corrected chi connectivity index (χ2v) is 8.41. The monoisotopic (exact) mass is 441 g/mol. The van der Waals surface area contributed by atoms with Crippen LogP contribution in [0.5, 0.6) is 5.75 Å². The van der Waals surface area contributed by atoms with E-state index in [-0.39, 0.29) is 11.6 Å². The molecule has 0 bridgehead atoms. The van der Waals surface area contributed by atoms with Crippen LogP contribution in [0.2, 0.25) is 0 Å². The van der Waals surface area contributed by atoms with Crippen LogP contribution >= 0.6 is 0 Å². The average Bonchev–Trinajstić information content (AvgIpc) is 3.23. The van der Waals surface area contributed by atoms with Crippen LogP contribution in [0.4, 0.5) is 10.1 Å². The molecule has 0 saturated heterocycles. The summed E-state index contributed by atoms with van der Waals surface area (Å²) in [5, 5.41) is 21.5. The van der Waals surface area contributed by atoms with Gasteiger partial charge in [0.05, 0.1) is 5.54 Å². The van der Waals surface area contributed by atoms with Gasteiger partial charge in [-0.2, -0.15) is 0 Å². The standard InChI is InChI=1S/C26H24FN5O/c1-26(20-6-3-18(4-7-20)5-14-25-28-29-30-31(25)2)24-13-12-23(33)17-19(24)15-16-32(26)22-10-8-21(27)9-11-22/h3-14,17,33H,15-16H2,1-2H3. The first-order valence-corrected chi connectivity index (χ1v) is 10.8. The van der Waals surface area contributed by atoms with E-state index in [9.17, 15) is 9.50 Å². The molecule has 7 heteroatoms. The highest BCUT2D eigenvalue weighted by Crippen LogP contribution is 2.44. The zero-order valence-electron chi connectivity index (χ0n) is 18.5. The summed E-state index contributed by atoms with van der Waals surface area (Å²) in [6.07, 6.45) is 4.64. The minimum atomic E-state index is -0.491. The van der Waals surface area contributed by atoms with Crippen LogP contribution < -0.4 is 4.90 Å². The largest absolute Gasteiger partial charge is 0.508 e. The minimum absolute atomic E-state index is 0.253. The maximum absolute atomic E-state index is 13.6. The Balaban J connectivity index is 1.56. The molecular weight excluding hydrogens is 417 g/mol. The number of hydrogen-bond donors (Lipinski definition) is 1. The molecule has 4 aromatic rings. The number of nitrogens with zero attached hydrogens (tertiary/aromatic N) is 5. The summed E-state index contributed by atoms with van der Waals surface area (Å²) < 4.78 is 15.2. The van der Waals surface area contributed by atoms with E-state index in [2.05, 4.69) is 51.6 Å². The Morgan fingerprint density at radius 1 is 1.00 bits per heavy atom. The molecule has 1 aliphatic heterocycles. The van der Waals surface area contributed by atoms with Crippen molar-refractivity contribution in [3.63, 3.8) is 0 Å². The molecule has 3 aromatic carbocycles. The number of aromatic hydroxyl groups is 1. The summed E-state index contributed by atoms with van der Waals surface area (Å²) in [5.41, 5.74) is 4.85. The molecule has 1 aliphatic rings. The van der Waals surface area contributed by atoms with Crippen molar-refractivity contribution < 1.29 is 9.50 Å². The molecule has 0 saturated carbocycles. The van der Waals surface area contributed by atoms with Gasteiger partial charge in [-0.05, 0) is 88.5 Å². The van der Waals surface area contributed by atoms with Crippen molar-refractivity contribution in [2.24, 2.45) is 7.05 Å². The molecule has 0 amide bonds. The smallest absolute Gasteiger partial charge is 0.174 e. The number of tetrazole rings is 1. The third kappa shape index (κ3) is 3.75. The first-order chi connectivity index (χ1) is 15.9. The highest BCUT2D eigenvalue weighted by molar-refractivity contribution is 5.67. The van der Waals surface area contributed by atoms with Crippen LogP contribution in [0, 0.1) is 5.82 Å². The Kier molecular flexibility index (Phi) is 5.17. The summed E-state index contributed by atoms with van der Waals surface area (Å²) >= 11 is 0. The summed E-state index contributed by atoms with van der Waals surface area (Å²) in [5.74, 6) is 0.691. The molecule has 1 N–H and O–H groups in total. The van der Waals surface area contributed by atoms with Gasteiger partial charge in [0.2, 0.25) is 0 Å². The molecule has 1 atom stereocenters. The maximum Gasteiger partial charge on any atom is 0.174 e. The second kappa shape index (κ2) is 8.16. The predicted molar refractivity (Wildman–Crippen MR) is 126 cm³/mol. The molecule has 33 heavy (non-hydrogen) atoms. The number of rotatable bonds is 4. The van der Waals surface area contributed by atoms with E-state index in [4.69, 9.17) is 0 Å². The van der Waals surface area contributed by atoms with Gasteiger partial charge in [-0.25, -0.2) is 9.07 Å². The number of anilines is 1. The fourth-order valence-corrected chi connectivity index (χ4v) is 4.65. The van der Waals surface area contributed by atoms with Gasteiger partial charge < -0.3 is 10.0 Å². The maximum atomic E-state index is 13.6. The van der Waals surface area contributed by atoms with Crippen LogP contribution in [-0.4, -0.2) is 31.9 Å². The van der Waals surface area contributed by atoms with Crippen LogP contribution in [0.1, 0.15) is 35.0 Å². The zero-order chi connectivity index (χ0) is 23.0. The predicted octanol–water partition coefficient (Wildman–Crippen LogP) is 4.55. The molecule has 2 heterocycles. The van der Waals surface area contributed by atoms with Crippen LogP contribution in [-0.2, 0) is 19.0 Å². The summed E-state index contributed by atoms with van der Waals surface area (Å²) in [6, 6.07) is 20.6. The van der Waals surface area contributed by atoms with Crippen molar-refractivity contribution >= 4 is 17.8 Å². The summed E-state index contributed by atoms with van der Waals surface area (Å²) in [7, 11) is 1.80. The Morgan fingerprint density at radius 3 is 2.45 bits per heavy atom. The van der Waals surface area contributed by atoms with E-state index < -0.39 is 5.54 Å². The second-order valence-electron chi connectivity index (χ2n) is 8.41. The van der Waals surface area contributed by atoms with Gasteiger partial charge in [0.15, 0.2) is 5.82 Å². The van der Waals surface area contributed by atoms with Crippen molar-refractivity contribution in [3.05, 3.63) is 101 Å². The molecule has 166 valence electrons. The Morgan fingerprint density at radius 2 is 1.76 bits per heavy atom. The fraction of sp³-hybridized carbons (Fsp3) is 0.192. The lowest BCUT2D eigenvalue weighted by Gasteiger charge is -2.48. The summed E-state index contributed by atoms with van der Waals surface area (Å²) in [4.78, 5) is 2.31. The lowest BCUT2D eigenvalue weighted by atomic mass is 9.76. The summed E-state index contributed by atoms with van der Waals surface area (Å²) in [6.45, 7) is 2.93. The van der Waals surface area contributed by atoms with E-state index in [0.717, 1.165) is 40.9 Å². The van der Waals surface area contributed by atoms with E-state index in [1.54, 1.807) is 17.8 Å². The molecule has 0 fully saturated rings. The number of halogens is 1. The first kappa shape index (κ1) is 20.9. The van der Waals surface area contributed by atoms with Gasteiger partial charge in [0.1, 0.15) is 11.6 Å². The molecule has 1 unspecified atom stereocenters. The van der Waals surface area contributed by atoms with Crippen molar-refractivity contribution in [2.45, 2.75) is 18.9 Å². The third-order valence-corrected chi connectivity index (χ3v) is 6.45. The lowest BCUT2D eigenvalue weighted by Crippen LogP contribution is -2.49. The lowest BCUT2D eigenvalue weighted by molar-refractivity contribution is 0.463. The molecule has 0 aliphatic carbocycles. The van der Waals surface area contributed by atoms with Gasteiger partial charge in [-0.1, -0.05) is 36.4 Å². The van der Waals surface area contributed by atoms with E-state index in [1.165, 1.54) is 12.1 Å². The first-order valence-electron chi connectivity index (χ1n) is 10.8. The van der Waals surface area contributed by atoms with Gasteiger partial charge in [-0.15, -0.1) is 5.10 Å². The molecule has 6 nitrogen and oxygen atoms in total. The van der Waals surface area contributed by atoms with Crippen molar-refractivity contribution in [2.75, 3.05) is 11.4 Å². The number of aromatic nitrogens is 4. The van der Waals surface area contributed by atoms with Crippen molar-refractivity contribution in [3.8, 4) is 5.75 Å². The third-order valence-electron chi connectivity index (χ3n) is 6.45. The number of benzene rings is 3. The van der Waals surface area contributed by atoms with Crippen LogP contribution in [0.15, 0.2) is 66.7 Å². The molecule has 1 aromatic heterocycles. The zero-order valence-corrected chi connectivity index (χ0v) is 18.5. The normalized spacial score (nSPS) is 18.0. The van der Waals surface area contributed by atoms with Crippen molar-refractivity contribution in [1.82, 2.24) is 20.2 Å². The molecule has 0 radical (unpaired) electrons. The number of aryl methyl sites for hydroxylation is 1. The number of fused-ring (bicyclic) bond motifs is 1. The Hall–Kier alpha value is -4.00. The topological polar surface area (TPSA) is 67.1 Å². The number of phenols is 1. The molecular formula is C26H24FN5O. The number of phenolic OH excluding ortho intramolecular Hbond substituents is 1. The highest BCUT2D eigenvalue weighted by Gasteiger charge is 2.40. The van der Waals surface area contributed by atoms with E-state index >= 15 is 0 Å². The van der Waals surface area contributed by atoms with Crippen LogP contribution in [0.25, 0.3) is 12.2 Å². The van der Waals surface area contributed by atoms with Gasteiger partial charge >= 0.3 is 0 Å².